The van der Waals surface area contributed by atoms with Crippen molar-refractivity contribution in [3.8, 4) is 0 Å². The Balaban J connectivity index is 2.37. The Bertz CT molecular complexity index is 611. The van der Waals surface area contributed by atoms with Crippen LogP contribution in [0.25, 0.3) is 0 Å². The number of anilines is 2. The molecule has 0 radical (unpaired) electrons. The van der Waals surface area contributed by atoms with E-state index in [4.69, 9.17) is 26.5 Å². The monoisotopic (exact) mass is 294 g/mol. The van der Waals surface area contributed by atoms with E-state index in [9.17, 15) is 4.79 Å². The molecule has 1 unspecified atom stereocenters. The fourth-order valence-electron chi connectivity index (χ4n) is 1.87. The molecule has 0 aliphatic rings. The standard InChI is InChI=1S/C14H15ClN2O3/c1-8(12-4-3-5-20-12)17-13-10(14(18)19-2)6-9(16)7-11(13)15/h3-8,17H,16H2,1-2H3. The third-order valence-corrected chi connectivity index (χ3v) is 3.15. The molecule has 3 N–H and O–H groups in total. The first-order valence-corrected chi connectivity index (χ1v) is 6.38. The second kappa shape index (κ2) is 5.88. The maximum Gasteiger partial charge on any atom is 0.340 e. The van der Waals surface area contributed by atoms with Gasteiger partial charge in [-0.2, -0.15) is 0 Å². The van der Waals surface area contributed by atoms with E-state index in [-0.39, 0.29) is 11.6 Å². The summed E-state index contributed by atoms with van der Waals surface area (Å²) in [6.07, 6.45) is 1.58. The van der Waals surface area contributed by atoms with E-state index >= 15 is 0 Å². The first-order valence-electron chi connectivity index (χ1n) is 6.00. The van der Waals surface area contributed by atoms with Crippen molar-refractivity contribution in [1.82, 2.24) is 0 Å². The van der Waals surface area contributed by atoms with Crippen LogP contribution in [0.4, 0.5) is 11.4 Å². The number of rotatable bonds is 4. The van der Waals surface area contributed by atoms with E-state index in [1.54, 1.807) is 18.4 Å². The molecular formula is C14H15ClN2O3. The molecular weight excluding hydrogens is 280 g/mol. The van der Waals surface area contributed by atoms with Crippen LogP contribution in [0, 0.1) is 0 Å². The number of carbonyl (C=O) groups is 1. The number of benzene rings is 1. The van der Waals surface area contributed by atoms with Crippen molar-refractivity contribution in [3.05, 3.63) is 46.9 Å². The lowest BCUT2D eigenvalue weighted by Gasteiger charge is -2.17. The van der Waals surface area contributed by atoms with Gasteiger partial charge in [0.15, 0.2) is 0 Å². The Morgan fingerprint density at radius 3 is 2.85 bits per heavy atom. The number of halogens is 1. The fraction of sp³-hybridized carbons (Fsp3) is 0.214. The molecule has 0 spiro atoms. The van der Waals surface area contributed by atoms with Crippen LogP contribution >= 0.6 is 11.6 Å². The number of hydrogen-bond acceptors (Lipinski definition) is 5. The summed E-state index contributed by atoms with van der Waals surface area (Å²) < 4.78 is 10.1. The molecule has 0 bridgehead atoms. The van der Waals surface area contributed by atoms with Crippen molar-refractivity contribution in [2.75, 3.05) is 18.2 Å². The van der Waals surface area contributed by atoms with Crippen LogP contribution in [0.5, 0.6) is 0 Å². The van der Waals surface area contributed by atoms with Gasteiger partial charge in [0.05, 0.1) is 35.7 Å². The molecule has 1 aromatic heterocycles. The number of hydrogen-bond donors (Lipinski definition) is 2. The van der Waals surface area contributed by atoms with Gasteiger partial charge < -0.3 is 20.2 Å². The zero-order valence-electron chi connectivity index (χ0n) is 11.1. The minimum Gasteiger partial charge on any atom is -0.467 e. The van der Waals surface area contributed by atoms with E-state index < -0.39 is 5.97 Å². The lowest BCUT2D eigenvalue weighted by Crippen LogP contribution is -2.12. The number of ether oxygens (including phenoxy) is 1. The highest BCUT2D eigenvalue weighted by Crippen LogP contribution is 2.32. The largest absolute Gasteiger partial charge is 0.467 e. The zero-order valence-corrected chi connectivity index (χ0v) is 11.9. The summed E-state index contributed by atoms with van der Waals surface area (Å²) in [5.41, 5.74) is 6.86. The van der Waals surface area contributed by atoms with Crippen LogP contribution < -0.4 is 11.1 Å². The molecule has 0 saturated heterocycles. The molecule has 0 fully saturated rings. The molecule has 5 nitrogen and oxygen atoms in total. The third-order valence-electron chi connectivity index (χ3n) is 2.85. The first kappa shape index (κ1) is 14.3. The summed E-state index contributed by atoms with van der Waals surface area (Å²) in [6.45, 7) is 1.90. The second-order valence-electron chi connectivity index (χ2n) is 4.30. The Kier molecular flexibility index (Phi) is 4.20. The predicted molar refractivity (Wildman–Crippen MR) is 77.9 cm³/mol. The SMILES string of the molecule is COC(=O)c1cc(N)cc(Cl)c1NC(C)c1ccco1. The average molecular weight is 295 g/mol. The molecule has 0 aliphatic carbocycles. The number of methoxy groups -OCH3 is 1. The molecule has 1 atom stereocenters. The van der Waals surface area contributed by atoms with Crippen LogP contribution in [0.1, 0.15) is 29.1 Å². The minimum atomic E-state index is -0.506. The minimum absolute atomic E-state index is 0.158. The van der Waals surface area contributed by atoms with Gasteiger partial charge in [0.25, 0.3) is 0 Å². The van der Waals surface area contributed by atoms with Gasteiger partial charge in [0, 0.05) is 5.69 Å². The molecule has 20 heavy (non-hydrogen) atoms. The number of nitrogens with one attached hydrogen (secondary N) is 1. The van der Waals surface area contributed by atoms with Crippen molar-refractivity contribution in [2.45, 2.75) is 13.0 Å². The first-order chi connectivity index (χ1) is 9.52. The number of nitrogens with two attached hydrogens (primary N) is 1. The highest BCUT2D eigenvalue weighted by atomic mass is 35.5. The lowest BCUT2D eigenvalue weighted by atomic mass is 10.1. The predicted octanol–water partition coefficient (Wildman–Crippen LogP) is 3.47. The normalized spacial score (nSPS) is 11.9. The van der Waals surface area contributed by atoms with Gasteiger partial charge >= 0.3 is 5.97 Å². The number of carbonyl (C=O) groups excluding carboxylic acids is 1. The summed E-state index contributed by atoms with van der Waals surface area (Å²) in [6, 6.07) is 6.56. The van der Waals surface area contributed by atoms with E-state index in [0.29, 0.717) is 16.4 Å². The van der Waals surface area contributed by atoms with Crippen LogP contribution in [-0.4, -0.2) is 13.1 Å². The van der Waals surface area contributed by atoms with E-state index in [1.165, 1.54) is 13.2 Å². The molecule has 0 aliphatic heterocycles. The van der Waals surface area contributed by atoms with E-state index in [0.717, 1.165) is 5.76 Å². The van der Waals surface area contributed by atoms with E-state index in [2.05, 4.69) is 5.32 Å². The van der Waals surface area contributed by atoms with Crippen molar-refractivity contribution in [3.63, 3.8) is 0 Å². The third kappa shape index (κ3) is 2.88. The number of esters is 1. The van der Waals surface area contributed by atoms with Gasteiger partial charge in [0.2, 0.25) is 0 Å². The zero-order chi connectivity index (χ0) is 14.7. The van der Waals surface area contributed by atoms with Crippen molar-refractivity contribution < 1.29 is 13.9 Å². The summed E-state index contributed by atoms with van der Waals surface area (Å²) in [4.78, 5) is 11.8. The van der Waals surface area contributed by atoms with Crippen molar-refractivity contribution in [1.29, 1.82) is 0 Å². The molecule has 2 aromatic rings. The Labute approximate surface area is 121 Å². The van der Waals surface area contributed by atoms with Crippen molar-refractivity contribution in [2.24, 2.45) is 0 Å². The maximum atomic E-state index is 11.8. The fourth-order valence-corrected chi connectivity index (χ4v) is 2.15. The van der Waals surface area contributed by atoms with Crippen molar-refractivity contribution >= 4 is 28.9 Å². The quantitative estimate of drug-likeness (QED) is 0.667. The van der Waals surface area contributed by atoms with Gasteiger partial charge in [-0.1, -0.05) is 11.6 Å². The Hall–Kier alpha value is -2.14. The van der Waals surface area contributed by atoms with E-state index in [1.807, 2.05) is 13.0 Å². The summed E-state index contributed by atoms with van der Waals surface area (Å²) in [7, 11) is 1.30. The lowest BCUT2D eigenvalue weighted by molar-refractivity contribution is 0.0602. The van der Waals surface area contributed by atoms with Gasteiger partial charge in [-0.3, -0.25) is 0 Å². The molecule has 1 heterocycles. The maximum absolute atomic E-state index is 11.8. The Morgan fingerprint density at radius 2 is 2.25 bits per heavy atom. The van der Waals surface area contributed by atoms with Gasteiger partial charge in [-0.05, 0) is 31.2 Å². The van der Waals surface area contributed by atoms with Gasteiger partial charge in [-0.25, -0.2) is 4.79 Å². The molecule has 0 saturated carbocycles. The molecule has 106 valence electrons. The molecule has 6 heteroatoms. The molecule has 0 amide bonds. The number of furan rings is 1. The topological polar surface area (TPSA) is 77.5 Å². The Morgan fingerprint density at radius 1 is 1.50 bits per heavy atom. The highest BCUT2D eigenvalue weighted by Gasteiger charge is 2.19. The van der Waals surface area contributed by atoms with Crippen LogP contribution in [0.15, 0.2) is 34.9 Å². The highest BCUT2D eigenvalue weighted by molar-refractivity contribution is 6.34. The average Bonchev–Trinajstić information content (AvgIpc) is 2.94. The molecule has 1 aromatic carbocycles. The second-order valence-corrected chi connectivity index (χ2v) is 4.71. The smallest absolute Gasteiger partial charge is 0.340 e. The molecule has 2 rings (SSSR count). The van der Waals surface area contributed by atoms with Gasteiger partial charge in [-0.15, -0.1) is 0 Å². The summed E-state index contributed by atoms with van der Waals surface area (Å²) in [5.74, 6) is 0.224. The summed E-state index contributed by atoms with van der Waals surface area (Å²) in [5, 5.41) is 3.49. The van der Waals surface area contributed by atoms with Gasteiger partial charge in [0.1, 0.15) is 5.76 Å². The van der Waals surface area contributed by atoms with Crippen LogP contribution in [-0.2, 0) is 4.74 Å². The van der Waals surface area contributed by atoms with Crippen LogP contribution in [0.2, 0.25) is 5.02 Å². The number of nitrogen functional groups attached to an aromatic ring is 1. The van der Waals surface area contributed by atoms with Crippen LogP contribution in [0.3, 0.4) is 0 Å². The summed E-state index contributed by atoms with van der Waals surface area (Å²) >= 11 is 6.16.